The number of carbonyl (C=O) groups excluding carboxylic acids is 1. The molecule has 1 heterocycles. The summed E-state index contributed by atoms with van der Waals surface area (Å²) in [6, 6.07) is 19.1. The molecule has 2 aromatic rings. The highest BCUT2D eigenvalue weighted by atomic mass is 16.5. The van der Waals surface area contributed by atoms with Crippen molar-refractivity contribution in [1.82, 2.24) is 5.32 Å². The van der Waals surface area contributed by atoms with Crippen LogP contribution >= 0.6 is 0 Å². The van der Waals surface area contributed by atoms with Gasteiger partial charge in [0.1, 0.15) is 0 Å². The maximum Gasteiger partial charge on any atom is 0.220 e. The third-order valence-corrected chi connectivity index (χ3v) is 6.15. The van der Waals surface area contributed by atoms with Crippen molar-refractivity contribution in [3.05, 3.63) is 71.3 Å². The zero-order valence-corrected chi connectivity index (χ0v) is 15.2. The Morgan fingerprint density at radius 3 is 2.58 bits per heavy atom. The lowest BCUT2D eigenvalue weighted by Gasteiger charge is -2.38. The van der Waals surface area contributed by atoms with E-state index in [0.29, 0.717) is 18.9 Å². The summed E-state index contributed by atoms with van der Waals surface area (Å²) in [4.78, 5) is 12.7. The number of hydrogen-bond acceptors (Lipinski definition) is 2. The number of fused-ring (bicyclic) bond motifs is 1. The number of carbonyl (C=O) groups is 1. The van der Waals surface area contributed by atoms with Crippen LogP contribution in [0.2, 0.25) is 0 Å². The van der Waals surface area contributed by atoms with Gasteiger partial charge in [0, 0.05) is 31.6 Å². The summed E-state index contributed by atoms with van der Waals surface area (Å²) in [5.41, 5.74) is 4.10. The smallest absolute Gasteiger partial charge is 0.220 e. The molecule has 1 atom stereocenters. The number of rotatable bonds is 5. The van der Waals surface area contributed by atoms with E-state index in [9.17, 15) is 4.79 Å². The molecule has 0 radical (unpaired) electrons. The van der Waals surface area contributed by atoms with Crippen LogP contribution in [-0.4, -0.2) is 25.7 Å². The Morgan fingerprint density at radius 1 is 1.04 bits per heavy atom. The summed E-state index contributed by atoms with van der Waals surface area (Å²) in [6.45, 7) is 2.23. The standard InChI is InChI=1S/C23H27NO2/c25-22(16-19-11-10-18-6-4-5-9-21(18)19)24-17-23(12-14-26-15-13-23)20-7-2-1-3-8-20/h1-9,19H,10-17H2,(H,24,25)/t19-/m1/s1. The van der Waals surface area contributed by atoms with Crippen molar-refractivity contribution < 1.29 is 9.53 Å². The van der Waals surface area contributed by atoms with E-state index in [1.54, 1.807) is 0 Å². The van der Waals surface area contributed by atoms with E-state index in [2.05, 4.69) is 53.8 Å². The first kappa shape index (κ1) is 17.3. The summed E-state index contributed by atoms with van der Waals surface area (Å²) in [5.74, 6) is 0.544. The topological polar surface area (TPSA) is 38.3 Å². The van der Waals surface area contributed by atoms with Crippen molar-refractivity contribution >= 4 is 5.91 Å². The average molecular weight is 349 g/mol. The quantitative estimate of drug-likeness (QED) is 0.887. The second-order valence-electron chi connectivity index (χ2n) is 7.67. The molecule has 1 saturated heterocycles. The largest absolute Gasteiger partial charge is 0.381 e. The van der Waals surface area contributed by atoms with Gasteiger partial charge in [0.25, 0.3) is 0 Å². The van der Waals surface area contributed by atoms with Gasteiger partial charge in [-0.3, -0.25) is 4.79 Å². The molecule has 0 bridgehead atoms. The molecule has 0 saturated carbocycles. The first-order valence-electron chi connectivity index (χ1n) is 9.75. The van der Waals surface area contributed by atoms with Gasteiger partial charge in [0.15, 0.2) is 0 Å². The lowest BCUT2D eigenvalue weighted by Crippen LogP contribution is -2.44. The van der Waals surface area contributed by atoms with Crippen molar-refractivity contribution in [2.24, 2.45) is 0 Å². The molecule has 1 amide bonds. The first-order chi connectivity index (χ1) is 12.8. The average Bonchev–Trinajstić information content (AvgIpc) is 3.11. The predicted molar refractivity (Wildman–Crippen MR) is 103 cm³/mol. The molecular formula is C23H27NO2. The molecule has 26 heavy (non-hydrogen) atoms. The number of ether oxygens (including phenoxy) is 1. The fourth-order valence-corrected chi connectivity index (χ4v) is 4.54. The maximum atomic E-state index is 12.7. The van der Waals surface area contributed by atoms with Crippen LogP contribution in [0, 0.1) is 0 Å². The molecule has 3 heteroatoms. The van der Waals surface area contributed by atoms with E-state index < -0.39 is 0 Å². The Morgan fingerprint density at radius 2 is 1.77 bits per heavy atom. The maximum absolute atomic E-state index is 12.7. The molecule has 2 aromatic carbocycles. The summed E-state index contributed by atoms with van der Waals surface area (Å²) in [5, 5.41) is 3.25. The predicted octanol–water partition coefficient (Wildman–Crippen LogP) is 3.97. The molecule has 1 aliphatic carbocycles. The zero-order valence-electron chi connectivity index (χ0n) is 15.2. The van der Waals surface area contributed by atoms with Gasteiger partial charge >= 0.3 is 0 Å². The Labute approximate surface area is 155 Å². The third kappa shape index (κ3) is 3.54. The van der Waals surface area contributed by atoms with E-state index in [0.717, 1.165) is 38.9 Å². The summed E-state index contributed by atoms with van der Waals surface area (Å²) < 4.78 is 5.59. The van der Waals surface area contributed by atoms with Gasteiger partial charge in [-0.2, -0.15) is 0 Å². The normalized spacial score (nSPS) is 21.2. The van der Waals surface area contributed by atoms with Crippen LogP contribution in [0.5, 0.6) is 0 Å². The van der Waals surface area contributed by atoms with Crippen molar-refractivity contribution in [2.75, 3.05) is 19.8 Å². The number of aryl methyl sites for hydroxylation is 1. The molecule has 1 N–H and O–H groups in total. The second-order valence-corrected chi connectivity index (χ2v) is 7.67. The Kier molecular flexibility index (Phi) is 5.07. The Bertz CT molecular complexity index is 750. The highest BCUT2D eigenvalue weighted by Crippen LogP contribution is 2.36. The van der Waals surface area contributed by atoms with Gasteiger partial charge in [0.05, 0.1) is 0 Å². The molecule has 0 aromatic heterocycles. The van der Waals surface area contributed by atoms with E-state index in [4.69, 9.17) is 4.74 Å². The van der Waals surface area contributed by atoms with Gasteiger partial charge < -0.3 is 10.1 Å². The highest BCUT2D eigenvalue weighted by molar-refractivity contribution is 5.77. The number of benzene rings is 2. The number of amides is 1. The minimum Gasteiger partial charge on any atom is -0.381 e. The van der Waals surface area contributed by atoms with Crippen LogP contribution in [0.15, 0.2) is 54.6 Å². The van der Waals surface area contributed by atoms with Gasteiger partial charge in [-0.25, -0.2) is 0 Å². The lowest BCUT2D eigenvalue weighted by molar-refractivity contribution is -0.122. The van der Waals surface area contributed by atoms with Gasteiger partial charge in [0.2, 0.25) is 5.91 Å². The van der Waals surface area contributed by atoms with Crippen LogP contribution in [0.1, 0.15) is 48.3 Å². The van der Waals surface area contributed by atoms with E-state index in [1.807, 2.05) is 6.07 Å². The van der Waals surface area contributed by atoms with Crippen molar-refractivity contribution in [2.45, 2.75) is 43.4 Å². The van der Waals surface area contributed by atoms with Crippen LogP contribution in [0.4, 0.5) is 0 Å². The molecular weight excluding hydrogens is 322 g/mol. The second kappa shape index (κ2) is 7.63. The van der Waals surface area contributed by atoms with Crippen LogP contribution < -0.4 is 5.32 Å². The Balaban J connectivity index is 1.41. The monoisotopic (exact) mass is 349 g/mol. The highest BCUT2D eigenvalue weighted by Gasteiger charge is 2.35. The van der Waals surface area contributed by atoms with Crippen LogP contribution in [0.3, 0.4) is 0 Å². The molecule has 1 fully saturated rings. The fourth-order valence-electron chi connectivity index (χ4n) is 4.54. The van der Waals surface area contributed by atoms with E-state index in [-0.39, 0.29) is 11.3 Å². The third-order valence-electron chi connectivity index (χ3n) is 6.15. The van der Waals surface area contributed by atoms with Crippen molar-refractivity contribution in [1.29, 1.82) is 0 Å². The molecule has 0 unspecified atom stereocenters. The molecule has 136 valence electrons. The fraction of sp³-hybridized carbons (Fsp3) is 0.435. The minimum atomic E-state index is 0.00273. The van der Waals surface area contributed by atoms with Crippen molar-refractivity contribution in [3.63, 3.8) is 0 Å². The van der Waals surface area contributed by atoms with Gasteiger partial charge in [-0.15, -0.1) is 0 Å². The first-order valence-corrected chi connectivity index (χ1v) is 9.75. The SMILES string of the molecule is O=C(C[C@H]1CCc2ccccc21)NCC1(c2ccccc2)CCOCC1. The zero-order chi connectivity index (χ0) is 17.8. The Hall–Kier alpha value is -2.13. The molecule has 3 nitrogen and oxygen atoms in total. The minimum absolute atomic E-state index is 0.00273. The molecule has 1 aliphatic heterocycles. The molecule has 4 rings (SSSR count). The van der Waals surface area contributed by atoms with Crippen LogP contribution in [0.25, 0.3) is 0 Å². The number of hydrogen-bond donors (Lipinski definition) is 1. The summed E-state index contributed by atoms with van der Waals surface area (Å²) >= 11 is 0. The van der Waals surface area contributed by atoms with Gasteiger partial charge in [-0.1, -0.05) is 54.6 Å². The molecule has 0 spiro atoms. The summed E-state index contributed by atoms with van der Waals surface area (Å²) in [6.07, 6.45) is 4.70. The van der Waals surface area contributed by atoms with Crippen LogP contribution in [-0.2, 0) is 21.4 Å². The number of nitrogens with one attached hydrogen (secondary N) is 1. The van der Waals surface area contributed by atoms with E-state index >= 15 is 0 Å². The lowest BCUT2D eigenvalue weighted by atomic mass is 9.74. The van der Waals surface area contributed by atoms with Crippen molar-refractivity contribution in [3.8, 4) is 0 Å². The summed E-state index contributed by atoms with van der Waals surface area (Å²) in [7, 11) is 0. The van der Waals surface area contributed by atoms with Gasteiger partial charge in [-0.05, 0) is 48.3 Å². The van der Waals surface area contributed by atoms with E-state index in [1.165, 1.54) is 16.7 Å². The molecule has 2 aliphatic rings.